The van der Waals surface area contributed by atoms with E-state index in [0.29, 0.717) is 18.1 Å². The number of nitrogens with zero attached hydrogens (tertiary/aromatic N) is 1. The quantitative estimate of drug-likeness (QED) is 0.812. The van der Waals surface area contributed by atoms with Gasteiger partial charge in [-0.2, -0.15) is 0 Å². The highest BCUT2D eigenvalue weighted by atomic mass is 79.9. The molecule has 3 rings (SSSR count). The van der Waals surface area contributed by atoms with Gasteiger partial charge in [0.15, 0.2) is 0 Å². The summed E-state index contributed by atoms with van der Waals surface area (Å²) >= 11 is 7.34. The number of rotatable bonds is 2. The van der Waals surface area contributed by atoms with Crippen molar-refractivity contribution in [3.8, 4) is 0 Å². The normalized spacial score (nSPS) is 30.5. The van der Waals surface area contributed by atoms with Gasteiger partial charge >= 0.3 is 0 Å². The maximum absolute atomic E-state index is 3.73. The van der Waals surface area contributed by atoms with Gasteiger partial charge in [-0.25, -0.2) is 0 Å². The van der Waals surface area contributed by atoms with Crippen LogP contribution in [0.1, 0.15) is 32.1 Å². The molecule has 0 aliphatic carbocycles. The molecule has 2 atom stereocenters. The monoisotopic (exact) mass is 386 g/mol. The number of fused-ring (bicyclic) bond motifs is 2. The average Bonchev–Trinajstić information content (AvgIpc) is 2.40. The highest BCUT2D eigenvalue weighted by molar-refractivity contribution is 9.11. The standard InChI is InChI=1S/C15H20Br2N2/c1-18-11-8-12-3-2-4-13(9-11)19(12)15-7-10(16)5-6-14(15)17/h5-7,11-13,18H,2-4,8-9H2,1H3. The zero-order valence-electron chi connectivity index (χ0n) is 11.2. The summed E-state index contributed by atoms with van der Waals surface area (Å²) in [6.07, 6.45) is 6.58. The third-order valence-electron chi connectivity index (χ3n) is 4.57. The Bertz CT molecular complexity index is 449. The molecule has 0 spiro atoms. The lowest BCUT2D eigenvalue weighted by Gasteiger charge is -2.50. The predicted molar refractivity (Wildman–Crippen MR) is 87.8 cm³/mol. The fourth-order valence-corrected chi connectivity index (χ4v) is 4.49. The van der Waals surface area contributed by atoms with Crippen molar-refractivity contribution >= 4 is 37.5 Å². The predicted octanol–water partition coefficient (Wildman–Crippen LogP) is 4.32. The lowest BCUT2D eigenvalue weighted by Crippen LogP contribution is -2.56. The molecule has 1 aromatic carbocycles. The van der Waals surface area contributed by atoms with Crippen LogP contribution in [0.3, 0.4) is 0 Å². The molecule has 4 heteroatoms. The van der Waals surface area contributed by atoms with Crippen molar-refractivity contribution in [3.05, 3.63) is 27.1 Å². The molecule has 0 amide bonds. The Morgan fingerprint density at radius 2 is 1.84 bits per heavy atom. The first-order chi connectivity index (χ1) is 9.19. The Morgan fingerprint density at radius 3 is 2.47 bits per heavy atom. The average molecular weight is 388 g/mol. The number of piperidine rings is 2. The minimum absolute atomic E-state index is 0.690. The van der Waals surface area contributed by atoms with Crippen LogP contribution in [0.15, 0.2) is 27.1 Å². The molecule has 2 aliphatic heterocycles. The van der Waals surface area contributed by atoms with E-state index in [1.54, 1.807) is 0 Å². The Hall–Kier alpha value is -0.0600. The first-order valence-corrected chi connectivity index (χ1v) is 8.68. The topological polar surface area (TPSA) is 15.3 Å². The van der Waals surface area contributed by atoms with Gasteiger partial charge in [-0.15, -0.1) is 0 Å². The number of benzene rings is 1. The van der Waals surface area contributed by atoms with Gasteiger partial charge in [0.1, 0.15) is 0 Å². The van der Waals surface area contributed by atoms with Crippen LogP contribution in [0, 0.1) is 0 Å². The third kappa shape index (κ3) is 2.72. The lowest BCUT2D eigenvalue weighted by molar-refractivity contribution is 0.252. The van der Waals surface area contributed by atoms with Crippen molar-refractivity contribution in [1.82, 2.24) is 5.32 Å². The molecule has 2 heterocycles. The van der Waals surface area contributed by atoms with Gasteiger partial charge in [0.2, 0.25) is 0 Å². The maximum Gasteiger partial charge on any atom is 0.0526 e. The van der Waals surface area contributed by atoms with Gasteiger partial charge in [0.25, 0.3) is 0 Å². The third-order valence-corrected chi connectivity index (χ3v) is 5.73. The number of hydrogen-bond acceptors (Lipinski definition) is 2. The van der Waals surface area contributed by atoms with Crippen molar-refractivity contribution in [2.24, 2.45) is 0 Å². The van der Waals surface area contributed by atoms with Crippen molar-refractivity contribution in [1.29, 1.82) is 0 Å². The molecule has 2 bridgehead atoms. The molecule has 1 N–H and O–H groups in total. The summed E-state index contributed by atoms with van der Waals surface area (Å²) in [5.74, 6) is 0. The zero-order chi connectivity index (χ0) is 13.4. The molecular formula is C15H20Br2N2. The van der Waals surface area contributed by atoms with E-state index in [2.05, 4.69) is 67.3 Å². The van der Waals surface area contributed by atoms with Crippen LogP contribution in [0.2, 0.25) is 0 Å². The number of anilines is 1. The van der Waals surface area contributed by atoms with Crippen LogP contribution >= 0.6 is 31.9 Å². The van der Waals surface area contributed by atoms with E-state index in [1.165, 1.54) is 46.7 Å². The first kappa shape index (κ1) is 13.9. The summed E-state index contributed by atoms with van der Waals surface area (Å²) in [5, 5.41) is 3.48. The lowest BCUT2D eigenvalue weighted by atomic mass is 9.81. The van der Waals surface area contributed by atoms with Gasteiger partial charge in [-0.05, 0) is 73.3 Å². The number of nitrogens with one attached hydrogen (secondary N) is 1. The maximum atomic E-state index is 3.73. The van der Waals surface area contributed by atoms with Gasteiger partial charge in [-0.3, -0.25) is 0 Å². The van der Waals surface area contributed by atoms with E-state index in [9.17, 15) is 0 Å². The molecule has 104 valence electrons. The minimum Gasteiger partial charge on any atom is -0.365 e. The van der Waals surface area contributed by atoms with Crippen LogP contribution in [0.4, 0.5) is 5.69 Å². The number of hydrogen-bond donors (Lipinski definition) is 1. The van der Waals surface area contributed by atoms with Gasteiger partial charge in [0, 0.05) is 27.1 Å². The molecule has 0 aromatic heterocycles. The van der Waals surface area contributed by atoms with E-state index in [0.717, 1.165) is 0 Å². The fraction of sp³-hybridized carbons (Fsp3) is 0.600. The molecule has 0 radical (unpaired) electrons. The molecule has 2 unspecified atom stereocenters. The molecule has 2 nitrogen and oxygen atoms in total. The van der Waals surface area contributed by atoms with Crippen molar-refractivity contribution < 1.29 is 0 Å². The van der Waals surface area contributed by atoms with Crippen LogP contribution in [0.25, 0.3) is 0 Å². The van der Waals surface area contributed by atoms with Gasteiger partial charge in [-0.1, -0.05) is 15.9 Å². The second-order valence-corrected chi connectivity index (χ2v) is 7.47. The van der Waals surface area contributed by atoms with Crippen LogP contribution < -0.4 is 10.2 Å². The molecule has 19 heavy (non-hydrogen) atoms. The van der Waals surface area contributed by atoms with Crippen molar-refractivity contribution in [2.45, 2.75) is 50.2 Å². The number of halogens is 2. The Kier molecular flexibility index (Phi) is 4.20. The summed E-state index contributed by atoms with van der Waals surface area (Å²) in [4.78, 5) is 2.67. The SMILES string of the molecule is CNC1CC2CCCC(C1)N2c1cc(Br)ccc1Br. The van der Waals surface area contributed by atoms with E-state index in [1.807, 2.05) is 0 Å². The van der Waals surface area contributed by atoms with Crippen LogP contribution in [0.5, 0.6) is 0 Å². The highest BCUT2D eigenvalue weighted by Crippen LogP contribution is 2.41. The van der Waals surface area contributed by atoms with E-state index < -0.39 is 0 Å². The summed E-state index contributed by atoms with van der Waals surface area (Å²) < 4.78 is 2.38. The smallest absolute Gasteiger partial charge is 0.0526 e. The van der Waals surface area contributed by atoms with Gasteiger partial charge in [0.05, 0.1) is 5.69 Å². The van der Waals surface area contributed by atoms with Gasteiger partial charge < -0.3 is 10.2 Å². The summed E-state index contributed by atoms with van der Waals surface area (Å²) in [6, 6.07) is 8.58. The largest absolute Gasteiger partial charge is 0.365 e. The molecule has 1 aromatic rings. The van der Waals surface area contributed by atoms with E-state index in [4.69, 9.17) is 0 Å². The van der Waals surface area contributed by atoms with Crippen molar-refractivity contribution in [3.63, 3.8) is 0 Å². The molecular weight excluding hydrogens is 368 g/mol. The minimum atomic E-state index is 0.690. The highest BCUT2D eigenvalue weighted by Gasteiger charge is 2.38. The van der Waals surface area contributed by atoms with E-state index >= 15 is 0 Å². The Balaban J connectivity index is 1.93. The van der Waals surface area contributed by atoms with Crippen LogP contribution in [-0.4, -0.2) is 25.2 Å². The molecule has 2 fully saturated rings. The van der Waals surface area contributed by atoms with E-state index in [-0.39, 0.29) is 0 Å². The summed E-state index contributed by atoms with van der Waals surface area (Å²) in [5.41, 5.74) is 1.36. The Labute approximate surface area is 132 Å². The summed E-state index contributed by atoms with van der Waals surface area (Å²) in [7, 11) is 2.10. The summed E-state index contributed by atoms with van der Waals surface area (Å²) in [6.45, 7) is 0. The second-order valence-electron chi connectivity index (χ2n) is 5.70. The molecule has 0 saturated carbocycles. The second kappa shape index (κ2) is 5.74. The first-order valence-electron chi connectivity index (χ1n) is 7.09. The van der Waals surface area contributed by atoms with Crippen LogP contribution in [-0.2, 0) is 0 Å². The van der Waals surface area contributed by atoms with Crippen molar-refractivity contribution in [2.75, 3.05) is 11.9 Å². The zero-order valence-corrected chi connectivity index (χ0v) is 14.4. The fourth-order valence-electron chi connectivity index (χ4n) is 3.69. The molecule has 2 aliphatic rings. The molecule has 2 saturated heterocycles. The Morgan fingerprint density at radius 1 is 1.16 bits per heavy atom.